The number of hydrogen-bond acceptors (Lipinski definition) is 5. The fraction of sp³-hybridized carbons (Fsp3) is 0.429. The van der Waals surface area contributed by atoms with Crippen molar-refractivity contribution in [3.8, 4) is 11.3 Å². The van der Waals surface area contributed by atoms with Gasteiger partial charge in [-0.3, -0.25) is 9.59 Å². The first-order valence-corrected chi connectivity index (χ1v) is 11.5. The van der Waals surface area contributed by atoms with E-state index in [0.29, 0.717) is 11.3 Å². The van der Waals surface area contributed by atoms with Crippen LogP contribution in [0.5, 0.6) is 0 Å². The Hall–Kier alpha value is -2.65. The van der Waals surface area contributed by atoms with Gasteiger partial charge in [-0.15, -0.1) is 0 Å². The fourth-order valence-corrected chi connectivity index (χ4v) is 4.49. The van der Waals surface area contributed by atoms with E-state index in [2.05, 4.69) is 15.4 Å². The van der Waals surface area contributed by atoms with Gasteiger partial charge in [0.2, 0.25) is 15.9 Å². The van der Waals surface area contributed by atoms with E-state index in [9.17, 15) is 18.0 Å². The van der Waals surface area contributed by atoms with Crippen molar-refractivity contribution < 1.29 is 22.4 Å². The molecule has 1 aliphatic carbocycles. The number of benzene rings is 1. The number of nitrogens with one attached hydrogen (secondary N) is 3. The summed E-state index contributed by atoms with van der Waals surface area (Å²) < 4.78 is 31.6. The number of carbonyl (C=O) groups is 2. The van der Waals surface area contributed by atoms with Crippen LogP contribution in [0.3, 0.4) is 0 Å². The molecule has 3 N–H and O–H groups in total. The Morgan fingerprint density at radius 1 is 1.00 bits per heavy atom. The Kier molecular flexibility index (Phi) is 6.94. The molecule has 162 valence electrons. The van der Waals surface area contributed by atoms with Gasteiger partial charge < -0.3 is 15.1 Å². The third-order valence-corrected chi connectivity index (χ3v) is 6.91. The van der Waals surface area contributed by atoms with Crippen LogP contribution in [-0.4, -0.2) is 40.4 Å². The van der Waals surface area contributed by atoms with Gasteiger partial charge in [0.1, 0.15) is 11.8 Å². The quantitative estimate of drug-likeness (QED) is 0.619. The molecule has 0 unspecified atom stereocenters. The summed E-state index contributed by atoms with van der Waals surface area (Å²) in [5.74, 6) is -0.0127. The van der Waals surface area contributed by atoms with Gasteiger partial charge >= 0.3 is 0 Å². The van der Waals surface area contributed by atoms with Gasteiger partial charge in [-0.05, 0) is 62.2 Å². The first-order chi connectivity index (χ1) is 14.4. The molecule has 0 aliphatic heterocycles. The molecular formula is C21H27N3O5S. The van der Waals surface area contributed by atoms with Crippen molar-refractivity contribution in [1.82, 2.24) is 15.4 Å². The first-order valence-electron chi connectivity index (χ1n) is 10.0. The summed E-state index contributed by atoms with van der Waals surface area (Å²) in [6, 6.07) is 8.75. The van der Waals surface area contributed by atoms with Crippen molar-refractivity contribution >= 4 is 21.8 Å². The second-order valence-electron chi connectivity index (χ2n) is 7.36. The van der Waals surface area contributed by atoms with E-state index in [1.165, 1.54) is 19.2 Å². The zero-order valence-electron chi connectivity index (χ0n) is 17.1. The molecule has 2 aromatic rings. The maximum atomic E-state index is 12.7. The average Bonchev–Trinajstić information content (AvgIpc) is 3.28. The third kappa shape index (κ3) is 4.91. The van der Waals surface area contributed by atoms with Gasteiger partial charge in [0.05, 0.1) is 4.90 Å². The molecule has 1 atom stereocenters. The molecule has 3 rings (SSSR count). The lowest BCUT2D eigenvalue weighted by Crippen LogP contribution is -2.50. The van der Waals surface area contributed by atoms with Crippen LogP contribution in [-0.2, 0) is 14.8 Å². The zero-order chi connectivity index (χ0) is 21.7. The molecule has 1 aliphatic rings. The predicted molar refractivity (Wildman–Crippen MR) is 112 cm³/mol. The largest absolute Gasteiger partial charge is 0.451 e. The van der Waals surface area contributed by atoms with Crippen LogP contribution in [0.1, 0.15) is 42.7 Å². The summed E-state index contributed by atoms with van der Waals surface area (Å²) >= 11 is 0. The minimum absolute atomic E-state index is 0.0987. The van der Waals surface area contributed by atoms with E-state index in [-0.39, 0.29) is 22.5 Å². The van der Waals surface area contributed by atoms with Gasteiger partial charge in [-0.1, -0.05) is 19.3 Å². The minimum Gasteiger partial charge on any atom is -0.451 e. The number of carbonyl (C=O) groups excluding carboxylic acids is 2. The van der Waals surface area contributed by atoms with Crippen molar-refractivity contribution in [1.29, 1.82) is 0 Å². The molecular weight excluding hydrogens is 406 g/mol. The Balaban J connectivity index is 1.74. The number of rotatable bonds is 7. The number of likely N-dealkylation sites (N-methyl/N-ethyl adjacent to an activating group) is 1. The SMILES string of the molecule is CNC(=O)[C@@H](NC(=O)c1ccc(-c2ccc(S(=O)(=O)NC)cc2)o1)C1CCCCC1. The highest BCUT2D eigenvalue weighted by Gasteiger charge is 2.31. The molecule has 0 spiro atoms. The molecule has 30 heavy (non-hydrogen) atoms. The molecule has 9 heteroatoms. The number of hydrogen-bond donors (Lipinski definition) is 3. The smallest absolute Gasteiger partial charge is 0.287 e. The van der Waals surface area contributed by atoms with E-state index in [4.69, 9.17) is 4.42 Å². The fourth-order valence-electron chi connectivity index (χ4n) is 3.76. The number of amides is 2. The maximum Gasteiger partial charge on any atom is 0.287 e. The van der Waals surface area contributed by atoms with Crippen LogP contribution < -0.4 is 15.4 Å². The topological polar surface area (TPSA) is 118 Å². The van der Waals surface area contributed by atoms with E-state index >= 15 is 0 Å². The molecule has 2 amide bonds. The summed E-state index contributed by atoms with van der Waals surface area (Å²) in [6.45, 7) is 0. The van der Waals surface area contributed by atoms with Crippen molar-refractivity contribution in [2.24, 2.45) is 5.92 Å². The third-order valence-electron chi connectivity index (χ3n) is 5.48. The van der Waals surface area contributed by atoms with Crippen molar-refractivity contribution in [3.05, 3.63) is 42.2 Å². The summed E-state index contributed by atoms with van der Waals surface area (Å²) in [5, 5.41) is 5.46. The lowest BCUT2D eigenvalue weighted by Gasteiger charge is -2.29. The Bertz CT molecular complexity index is 992. The van der Waals surface area contributed by atoms with Crippen LogP contribution in [0, 0.1) is 5.92 Å². The first kappa shape index (κ1) is 22.0. The van der Waals surface area contributed by atoms with E-state index in [0.717, 1.165) is 32.1 Å². The highest BCUT2D eigenvalue weighted by molar-refractivity contribution is 7.89. The summed E-state index contributed by atoms with van der Waals surface area (Å²) in [4.78, 5) is 25.2. The standard InChI is InChI=1S/C21H27N3O5S/c1-22-21(26)19(15-6-4-3-5-7-15)24-20(25)18-13-12-17(29-18)14-8-10-16(11-9-14)30(27,28)23-2/h8-13,15,19,23H,3-7H2,1-2H3,(H,22,26)(H,24,25)/t19-/m0/s1. The van der Waals surface area contributed by atoms with Crippen molar-refractivity contribution in [3.63, 3.8) is 0 Å². The molecule has 1 aromatic carbocycles. The lowest BCUT2D eigenvalue weighted by molar-refractivity contribution is -0.124. The van der Waals surface area contributed by atoms with Gasteiger partial charge in [-0.25, -0.2) is 13.1 Å². The minimum atomic E-state index is -3.52. The van der Waals surface area contributed by atoms with Gasteiger partial charge in [0.15, 0.2) is 5.76 Å². The van der Waals surface area contributed by atoms with Crippen molar-refractivity contribution in [2.75, 3.05) is 14.1 Å². The van der Waals surface area contributed by atoms with E-state index < -0.39 is 22.0 Å². The Labute approximate surface area is 176 Å². The predicted octanol–water partition coefficient (Wildman–Crippen LogP) is 2.28. The molecule has 1 aromatic heterocycles. The van der Waals surface area contributed by atoms with Crippen LogP contribution in [0.2, 0.25) is 0 Å². The maximum absolute atomic E-state index is 12.7. The number of furan rings is 1. The lowest BCUT2D eigenvalue weighted by atomic mass is 9.83. The van der Waals surface area contributed by atoms with Gasteiger partial charge in [0, 0.05) is 12.6 Å². The van der Waals surface area contributed by atoms with Crippen LogP contribution in [0.4, 0.5) is 0 Å². The van der Waals surface area contributed by atoms with Crippen LogP contribution in [0.15, 0.2) is 45.7 Å². The highest BCUT2D eigenvalue weighted by atomic mass is 32.2. The van der Waals surface area contributed by atoms with Gasteiger partial charge in [-0.2, -0.15) is 0 Å². The Morgan fingerprint density at radius 2 is 1.67 bits per heavy atom. The second kappa shape index (κ2) is 9.44. The number of sulfonamides is 1. The summed E-state index contributed by atoms with van der Waals surface area (Å²) in [6.07, 6.45) is 5.07. The van der Waals surface area contributed by atoms with Gasteiger partial charge in [0.25, 0.3) is 5.91 Å². The second-order valence-corrected chi connectivity index (χ2v) is 9.25. The van der Waals surface area contributed by atoms with E-state index in [1.807, 2.05) is 0 Å². The average molecular weight is 434 g/mol. The molecule has 8 nitrogen and oxygen atoms in total. The molecule has 1 heterocycles. The monoisotopic (exact) mass is 433 g/mol. The van der Waals surface area contributed by atoms with Crippen molar-refractivity contribution in [2.45, 2.75) is 43.0 Å². The van der Waals surface area contributed by atoms with Crippen LogP contribution in [0.25, 0.3) is 11.3 Å². The van der Waals surface area contributed by atoms with Crippen LogP contribution >= 0.6 is 0 Å². The Morgan fingerprint density at radius 3 is 2.27 bits per heavy atom. The molecule has 1 saturated carbocycles. The summed E-state index contributed by atoms with van der Waals surface area (Å²) in [5.41, 5.74) is 0.638. The molecule has 0 radical (unpaired) electrons. The molecule has 1 fully saturated rings. The highest BCUT2D eigenvalue weighted by Crippen LogP contribution is 2.28. The zero-order valence-corrected chi connectivity index (χ0v) is 17.9. The molecule has 0 saturated heterocycles. The normalized spacial score (nSPS) is 16.1. The molecule has 0 bridgehead atoms. The summed E-state index contributed by atoms with van der Waals surface area (Å²) in [7, 11) is -0.613. The van der Waals surface area contributed by atoms with E-state index in [1.54, 1.807) is 31.3 Å².